The monoisotopic (exact) mass is 599 g/mol. The van der Waals surface area contributed by atoms with Gasteiger partial charge >= 0.3 is 5.97 Å². The van der Waals surface area contributed by atoms with Gasteiger partial charge in [0.1, 0.15) is 7.05 Å². The first-order valence-corrected chi connectivity index (χ1v) is 15.8. The molecule has 6 rings (SSSR count). The van der Waals surface area contributed by atoms with E-state index in [0.717, 1.165) is 19.4 Å². The summed E-state index contributed by atoms with van der Waals surface area (Å²) < 4.78 is 2.33. The van der Waals surface area contributed by atoms with Crippen molar-refractivity contribution < 1.29 is 14.5 Å². The Bertz CT molecular complexity index is 1890. The van der Waals surface area contributed by atoms with Crippen molar-refractivity contribution in [2.75, 3.05) is 18.5 Å². The molecule has 4 nitrogen and oxygen atoms in total. The first kappa shape index (κ1) is 32.0. The number of carboxylic acids is 1. The summed E-state index contributed by atoms with van der Waals surface area (Å²) in [5.41, 5.74) is 7.57. The summed E-state index contributed by atoms with van der Waals surface area (Å²) in [6.45, 7) is 10.2. The predicted molar refractivity (Wildman–Crippen MR) is 191 cm³/mol. The molecule has 2 aliphatic heterocycles. The molecule has 0 unspecified atom stereocenters. The SMILES string of the molecule is C.C[N+]1=C(C=CC=CC=C2N(CCCCCC(=O)O)c3ccc4ccccc4c3C2(C)C)C(C)(C)c2c1ccc1ccccc21. The van der Waals surface area contributed by atoms with Crippen LogP contribution in [0.5, 0.6) is 0 Å². The van der Waals surface area contributed by atoms with Gasteiger partial charge in [-0.1, -0.05) is 101 Å². The van der Waals surface area contributed by atoms with E-state index in [-0.39, 0.29) is 24.7 Å². The largest absolute Gasteiger partial charge is 0.481 e. The van der Waals surface area contributed by atoms with Crippen LogP contribution in [0.2, 0.25) is 0 Å². The normalized spacial score (nSPS) is 17.5. The third-order valence-corrected chi connectivity index (χ3v) is 9.65. The summed E-state index contributed by atoms with van der Waals surface area (Å²) in [6, 6.07) is 26.3. The Balaban J connectivity index is 0.00000400. The molecule has 0 saturated heterocycles. The Hall–Kier alpha value is -4.44. The molecule has 0 aromatic heterocycles. The van der Waals surface area contributed by atoms with Gasteiger partial charge in [0.05, 0.1) is 5.41 Å². The van der Waals surface area contributed by atoms with Gasteiger partial charge in [0.15, 0.2) is 5.71 Å². The van der Waals surface area contributed by atoms with Crippen molar-refractivity contribution in [2.45, 2.75) is 71.6 Å². The minimum atomic E-state index is -0.717. The average Bonchev–Trinajstić information content (AvgIpc) is 3.34. The zero-order valence-corrected chi connectivity index (χ0v) is 26.6. The molecule has 4 aromatic carbocycles. The van der Waals surface area contributed by atoms with E-state index in [9.17, 15) is 4.79 Å². The molecule has 0 radical (unpaired) electrons. The molecule has 2 aliphatic rings. The van der Waals surface area contributed by atoms with Crippen LogP contribution in [0.25, 0.3) is 21.5 Å². The van der Waals surface area contributed by atoms with Crippen LogP contribution in [0.15, 0.2) is 109 Å². The number of nitrogens with zero attached hydrogens (tertiary/aromatic N) is 2. The summed E-state index contributed by atoms with van der Waals surface area (Å²) in [4.78, 5) is 13.5. The van der Waals surface area contributed by atoms with E-state index in [0.29, 0.717) is 6.42 Å². The summed E-state index contributed by atoms with van der Waals surface area (Å²) in [6.07, 6.45) is 13.8. The molecular weight excluding hydrogens is 552 g/mol. The number of hydrogen-bond acceptors (Lipinski definition) is 2. The van der Waals surface area contributed by atoms with Gasteiger partial charge in [0.2, 0.25) is 5.69 Å². The standard InChI is InChI=1S/C40H42N2O2.CH4/c1-39(2)34(41(5)32-25-23-28-16-11-13-18-30(28)37(32)39)20-8-6-9-21-35-40(3,4)38-31-19-14-12-17-29(31)24-26-33(38)42(35)27-15-7-10-22-36(43)44;/h6,8-9,11-14,16-21,23-26H,7,10,15,22,27H2,1-5H3;1H4/p+1. The molecule has 4 heteroatoms. The number of fused-ring (bicyclic) bond motifs is 6. The van der Waals surface area contributed by atoms with E-state index in [4.69, 9.17) is 5.11 Å². The minimum Gasteiger partial charge on any atom is -0.481 e. The fourth-order valence-electron chi connectivity index (χ4n) is 7.55. The Kier molecular flexibility index (Phi) is 8.89. The van der Waals surface area contributed by atoms with Crippen LogP contribution in [0.1, 0.15) is 71.9 Å². The number of aliphatic carboxylic acids is 1. The molecule has 0 fully saturated rings. The second-order valence-corrected chi connectivity index (χ2v) is 13.2. The van der Waals surface area contributed by atoms with E-state index >= 15 is 0 Å². The molecule has 232 valence electrons. The fourth-order valence-corrected chi connectivity index (χ4v) is 7.55. The number of allylic oxidation sites excluding steroid dienone is 6. The second kappa shape index (κ2) is 12.5. The van der Waals surface area contributed by atoms with Crippen molar-refractivity contribution in [1.29, 1.82) is 0 Å². The van der Waals surface area contributed by atoms with Gasteiger partial charge in [-0.3, -0.25) is 4.79 Å². The summed E-state index contributed by atoms with van der Waals surface area (Å²) >= 11 is 0. The fraction of sp³-hybridized carbons (Fsp3) is 0.317. The first-order valence-electron chi connectivity index (χ1n) is 15.8. The number of unbranched alkanes of at least 4 members (excludes halogenated alkanes) is 2. The van der Waals surface area contributed by atoms with Crippen molar-refractivity contribution >= 4 is 44.6 Å². The quantitative estimate of drug-likeness (QED) is 0.118. The van der Waals surface area contributed by atoms with E-state index in [1.54, 1.807) is 0 Å². The summed E-state index contributed by atoms with van der Waals surface area (Å²) in [5.74, 6) is -0.717. The maximum Gasteiger partial charge on any atom is 0.303 e. The molecule has 2 heterocycles. The molecule has 0 bridgehead atoms. The number of hydrogen-bond donors (Lipinski definition) is 1. The second-order valence-electron chi connectivity index (χ2n) is 13.2. The lowest BCUT2D eigenvalue weighted by atomic mass is 9.79. The van der Waals surface area contributed by atoms with E-state index < -0.39 is 5.97 Å². The third kappa shape index (κ3) is 5.63. The predicted octanol–water partition coefficient (Wildman–Crippen LogP) is 10.1. The van der Waals surface area contributed by atoms with Crippen LogP contribution < -0.4 is 4.90 Å². The first-order chi connectivity index (χ1) is 21.1. The van der Waals surface area contributed by atoms with Crippen LogP contribution in [0.4, 0.5) is 11.4 Å². The molecule has 0 aliphatic carbocycles. The van der Waals surface area contributed by atoms with Gasteiger partial charge in [0, 0.05) is 47.5 Å². The lowest BCUT2D eigenvalue weighted by molar-refractivity contribution is -0.401. The van der Waals surface area contributed by atoms with Gasteiger partial charge in [-0.15, -0.1) is 0 Å². The maximum atomic E-state index is 11.0. The Morgan fingerprint density at radius 3 is 2.11 bits per heavy atom. The lowest BCUT2D eigenvalue weighted by Crippen LogP contribution is -2.27. The van der Waals surface area contributed by atoms with Crippen LogP contribution in [-0.4, -0.2) is 35.0 Å². The molecule has 0 saturated carbocycles. The van der Waals surface area contributed by atoms with E-state index in [2.05, 4.69) is 147 Å². The molecule has 0 spiro atoms. The number of carboxylic acid groups (broad SMARTS) is 1. The molecule has 0 atom stereocenters. The van der Waals surface area contributed by atoms with Gasteiger partial charge in [0.25, 0.3) is 0 Å². The zero-order valence-electron chi connectivity index (χ0n) is 26.6. The van der Waals surface area contributed by atoms with Crippen molar-refractivity contribution in [3.8, 4) is 0 Å². The Labute approximate surface area is 268 Å². The smallest absolute Gasteiger partial charge is 0.303 e. The highest BCUT2D eigenvalue weighted by atomic mass is 16.4. The highest BCUT2D eigenvalue weighted by Gasteiger charge is 2.44. The minimum absolute atomic E-state index is 0. The number of benzene rings is 4. The van der Waals surface area contributed by atoms with Crippen LogP contribution in [0.3, 0.4) is 0 Å². The number of carbonyl (C=O) groups is 1. The molecule has 0 amide bonds. The van der Waals surface area contributed by atoms with Crippen molar-refractivity contribution in [3.63, 3.8) is 0 Å². The van der Waals surface area contributed by atoms with Crippen LogP contribution in [0, 0.1) is 0 Å². The van der Waals surface area contributed by atoms with Gasteiger partial charge in [-0.05, 0) is 72.0 Å². The number of rotatable bonds is 9. The summed E-state index contributed by atoms with van der Waals surface area (Å²) in [5, 5.41) is 14.2. The third-order valence-electron chi connectivity index (χ3n) is 9.65. The van der Waals surface area contributed by atoms with Crippen LogP contribution >= 0.6 is 0 Å². The highest BCUT2D eigenvalue weighted by Crippen LogP contribution is 2.51. The lowest BCUT2D eigenvalue weighted by Gasteiger charge is -2.27. The maximum absolute atomic E-state index is 11.0. The highest BCUT2D eigenvalue weighted by molar-refractivity contribution is 6.07. The average molecular weight is 600 g/mol. The van der Waals surface area contributed by atoms with Gasteiger partial charge in [-0.25, -0.2) is 0 Å². The number of anilines is 1. The topological polar surface area (TPSA) is 43.5 Å². The van der Waals surface area contributed by atoms with Crippen molar-refractivity contribution in [2.24, 2.45) is 0 Å². The zero-order chi connectivity index (χ0) is 31.1. The van der Waals surface area contributed by atoms with Gasteiger partial charge in [-0.2, -0.15) is 4.58 Å². The molecule has 45 heavy (non-hydrogen) atoms. The molecule has 1 N–H and O–H groups in total. The van der Waals surface area contributed by atoms with Crippen molar-refractivity contribution in [3.05, 3.63) is 120 Å². The Morgan fingerprint density at radius 1 is 0.778 bits per heavy atom. The van der Waals surface area contributed by atoms with E-state index in [1.807, 2.05) is 0 Å². The molecular formula is C41H47N2O2+. The van der Waals surface area contributed by atoms with E-state index in [1.165, 1.54) is 55.5 Å². The summed E-state index contributed by atoms with van der Waals surface area (Å²) in [7, 11) is 2.17. The Morgan fingerprint density at radius 2 is 1.42 bits per heavy atom. The molecule has 4 aromatic rings. The van der Waals surface area contributed by atoms with Gasteiger partial charge < -0.3 is 10.0 Å². The van der Waals surface area contributed by atoms with Crippen LogP contribution in [-0.2, 0) is 15.6 Å². The van der Waals surface area contributed by atoms with Crippen molar-refractivity contribution in [1.82, 2.24) is 0 Å².